The highest BCUT2D eigenvalue weighted by Gasteiger charge is 2.42. The first-order valence-electron chi connectivity index (χ1n) is 10.2. The standard InChI is InChI=1S/C25H24N2O2/c1-25(2)21-12-17(15-27-7-9-29-10-8-27)4-6-20(21)24(28)23-19-5-3-16(14-26)11-18(19)13-22(23)25/h3-6,11-12H,7-10,13,15H2,1-2H3. The number of rotatable bonds is 2. The van der Waals surface area contributed by atoms with Crippen molar-refractivity contribution in [3.63, 3.8) is 0 Å². The summed E-state index contributed by atoms with van der Waals surface area (Å²) in [7, 11) is 0. The third kappa shape index (κ3) is 2.85. The van der Waals surface area contributed by atoms with Crippen LogP contribution in [0.1, 0.15) is 52.0 Å². The van der Waals surface area contributed by atoms with Crippen molar-refractivity contribution < 1.29 is 9.53 Å². The number of Topliss-reactive ketones (excluding diaryl/α,β-unsaturated/α-hetero) is 1. The number of benzene rings is 2. The molecule has 29 heavy (non-hydrogen) atoms. The zero-order valence-electron chi connectivity index (χ0n) is 16.9. The first-order valence-corrected chi connectivity index (χ1v) is 10.2. The summed E-state index contributed by atoms with van der Waals surface area (Å²) in [5.41, 5.74) is 7.75. The smallest absolute Gasteiger partial charge is 0.193 e. The molecule has 3 aliphatic rings. The number of fused-ring (bicyclic) bond motifs is 3. The van der Waals surface area contributed by atoms with Crippen LogP contribution in [-0.4, -0.2) is 37.0 Å². The number of ketones is 1. The highest BCUT2D eigenvalue weighted by molar-refractivity contribution is 6.32. The van der Waals surface area contributed by atoms with Gasteiger partial charge in [-0.2, -0.15) is 5.26 Å². The van der Waals surface area contributed by atoms with Crippen molar-refractivity contribution in [2.45, 2.75) is 32.2 Å². The Morgan fingerprint density at radius 3 is 2.62 bits per heavy atom. The summed E-state index contributed by atoms with van der Waals surface area (Å²) in [6, 6.07) is 14.3. The van der Waals surface area contributed by atoms with Crippen molar-refractivity contribution in [3.8, 4) is 6.07 Å². The Bertz CT molecular complexity index is 1100. The third-order valence-corrected chi connectivity index (χ3v) is 6.67. The number of hydrogen-bond donors (Lipinski definition) is 0. The molecule has 5 rings (SSSR count). The van der Waals surface area contributed by atoms with Crippen molar-refractivity contribution in [1.29, 1.82) is 5.26 Å². The summed E-state index contributed by atoms with van der Waals surface area (Å²) in [6.07, 6.45) is 0.742. The van der Waals surface area contributed by atoms with Crippen molar-refractivity contribution in [3.05, 3.63) is 75.4 Å². The monoisotopic (exact) mass is 384 g/mol. The maximum absolute atomic E-state index is 13.5. The highest BCUT2D eigenvalue weighted by atomic mass is 16.5. The number of allylic oxidation sites excluding steroid dienone is 2. The van der Waals surface area contributed by atoms with Crippen LogP contribution in [0.4, 0.5) is 0 Å². The zero-order valence-corrected chi connectivity index (χ0v) is 16.9. The summed E-state index contributed by atoms with van der Waals surface area (Å²) < 4.78 is 5.46. The van der Waals surface area contributed by atoms with E-state index in [1.54, 1.807) is 0 Å². The van der Waals surface area contributed by atoms with E-state index in [1.807, 2.05) is 24.3 Å². The maximum atomic E-state index is 13.5. The quantitative estimate of drug-likeness (QED) is 0.789. The van der Waals surface area contributed by atoms with Gasteiger partial charge in [-0.1, -0.05) is 38.1 Å². The predicted molar refractivity (Wildman–Crippen MR) is 112 cm³/mol. The molecule has 0 atom stereocenters. The Balaban J connectivity index is 1.54. The molecule has 0 N–H and O–H groups in total. The van der Waals surface area contributed by atoms with Gasteiger partial charge in [0.2, 0.25) is 0 Å². The van der Waals surface area contributed by atoms with Gasteiger partial charge in [0, 0.05) is 36.2 Å². The largest absolute Gasteiger partial charge is 0.379 e. The fraction of sp³-hybridized carbons (Fsp3) is 0.360. The average Bonchev–Trinajstić information content (AvgIpc) is 3.13. The fourth-order valence-corrected chi connectivity index (χ4v) is 5.01. The van der Waals surface area contributed by atoms with E-state index < -0.39 is 0 Å². The van der Waals surface area contributed by atoms with Crippen LogP contribution in [0.3, 0.4) is 0 Å². The number of carbonyl (C=O) groups is 1. The van der Waals surface area contributed by atoms with Gasteiger partial charge in [0.05, 0.1) is 24.8 Å². The molecule has 1 aliphatic heterocycles. The number of ether oxygens (including phenoxy) is 1. The van der Waals surface area contributed by atoms with Crippen LogP contribution in [0.25, 0.3) is 5.57 Å². The van der Waals surface area contributed by atoms with E-state index in [0.717, 1.165) is 67.1 Å². The minimum atomic E-state index is -0.217. The minimum Gasteiger partial charge on any atom is -0.379 e. The number of nitrogens with zero attached hydrogens (tertiary/aromatic N) is 2. The molecule has 2 aliphatic carbocycles. The van der Waals surface area contributed by atoms with E-state index >= 15 is 0 Å². The zero-order chi connectivity index (χ0) is 20.2. The van der Waals surface area contributed by atoms with Crippen LogP contribution in [0.2, 0.25) is 0 Å². The number of hydrogen-bond acceptors (Lipinski definition) is 4. The molecule has 0 radical (unpaired) electrons. The fourth-order valence-electron chi connectivity index (χ4n) is 5.01. The summed E-state index contributed by atoms with van der Waals surface area (Å²) >= 11 is 0. The predicted octanol–water partition coefficient (Wildman–Crippen LogP) is 3.87. The van der Waals surface area contributed by atoms with Crippen molar-refractivity contribution in [1.82, 2.24) is 4.90 Å². The molecule has 1 fully saturated rings. The molecule has 0 spiro atoms. The van der Waals surface area contributed by atoms with Gasteiger partial charge >= 0.3 is 0 Å². The first-order chi connectivity index (χ1) is 14.0. The molecule has 4 nitrogen and oxygen atoms in total. The lowest BCUT2D eigenvalue weighted by Gasteiger charge is -2.35. The molecular formula is C25H24N2O2. The number of nitriles is 1. The molecule has 1 saturated heterocycles. The molecule has 0 amide bonds. The molecule has 146 valence electrons. The second-order valence-corrected chi connectivity index (χ2v) is 8.74. The Morgan fingerprint density at radius 1 is 1.10 bits per heavy atom. The molecule has 0 bridgehead atoms. The molecule has 4 heteroatoms. The maximum Gasteiger partial charge on any atom is 0.193 e. The number of carbonyl (C=O) groups excluding carboxylic acids is 1. The van der Waals surface area contributed by atoms with Gasteiger partial charge in [-0.25, -0.2) is 0 Å². The molecular weight excluding hydrogens is 360 g/mol. The summed E-state index contributed by atoms with van der Waals surface area (Å²) in [4.78, 5) is 15.9. The van der Waals surface area contributed by atoms with Crippen molar-refractivity contribution in [2.24, 2.45) is 0 Å². The van der Waals surface area contributed by atoms with Gasteiger partial charge in [0.15, 0.2) is 5.78 Å². The lowest BCUT2D eigenvalue weighted by molar-refractivity contribution is 0.0342. The molecule has 2 aromatic carbocycles. The van der Waals surface area contributed by atoms with E-state index in [4.69, 9.17) is 4.74 Å². The van der Waals surface area contributed by atoms with Crippen LogP contribution >= 0.6 is 0 Å². The van der Waals surface area contributed by atoms with Gasteiger partial charge in [0.1, 0.15) is 0 Å². The SMILES string of the molecule is CC1(C)C2=C(C(=O)c3ccc(CN4CCOCC4)cc31)c1ccc(C#N)cc1C2. The summed E-state index contributed by atoms with van der Waals surface area (Å²) in [5, 5.41) is 9.25. The van der Waals surface area contributed by atoms with Gasteiger partial charge in [-0.05, 0) is 46.4 Å². The van der Waals surface area contributed by atoms with Crippen molar-refractivity contribution in [2.75, 3.05) is 26.3 Å². The van der Waals surface area contributed by atoms with E-state index in [-0.39, 0.29) is 11.2 Å². The minimum absolute atomic E-state index is 0.121. The molecule has 2 aromatic rings. The Morgan fingerprint density at radius 2 is 1.86 bits per heavy atom. The van der Waals surface area contributed by atoms with Crippen molar-refractivity contribution >= 4 is 11.4 Å². The first kappa shape index (κ1) is 18.3. The Hall–Kier alpha value is -2.74. The second kappa shape index (κ2) is 6.66. The van der Waals surface area contributed by atoms with Gasteiger partial charge < -0.3 is 4.74 Å². The van der Waals surface area contributed by atoms with Gasteiger partial charge in [-0.3, -0.25) is 9.69 Å². The van der Waals surface area contributed by atoms with Crippen LogP contribution < -0.4 is 0 Å². The van der Waals surface area contributed by atoms with Gasteiger partial charge in [0.25, 0.3) is 0 Å². The topological polar surface area (TPSA) is 53.3 Å². The summed E-state index contributed by atoms with van der Waals surface area (Å²) in [5.74, 6) is 0.121. The lowest BCUT2D eigenvalue weighted by Crippen LogP contribution is -2.36. The van der Waals surface area contributed by atoms with Crippen LogP contribution in [0.15, 0.2) is 42.0 Å². The number of morpholine rings is 1. The Labute approximate surface area is 171 Å². The van der Waals surface area contributed by atoms with E-state index in [9.17, 15) is 10.1 Å². The molecule has 0 saturated carbocycles. The van der Waals surface area contributed by atoms with Crippen LogP contribution in [0.5, 0.6) is 0 Å². The van der Waals surface area contributed by atoms with Crippen LogP contribution in [-0.2, 0) is 23.1 Å². The normalized spacial score (nSPS) is 20.1. The Kier molecular flexibility index (Phi) is 4.20. The highest BCUT2D eigenvalue weighted by Crippen LogP contribution is 2.50. The average molecular weight is 384 g/mol. The lowest BCUT2D eigenvalue weighted by atomic mass is 9.68. The summed E-state index contributed by atoms with van der Waals surface area (Å²) in [6.45, 7) is 8.81. The van der Waals surface area contributed by atoms with E-state index in [0.29, 0.717) is 5.56 Å². The second-order valence-electron chi connectivity index (χ2n) is 8.74. The molecule has 1 heterocycles. The van der Waals surface area contributed by atoms with Gasteiger partial charge in [-0.15, -0.1) is 0 Å². The molecule has 0 unspecified atom stereocenters. The van der Waals surface area contributed by atoms with E-state index in [2.05, 4.69) is 36.9 Å². The molecule has 0 aromatic heterocycles. The third-order valence-electron chi connectivity index (χ3n) is 6.67. The van der Waals surface area contributed by atoms with Crippen LogP contribution in [0, 0.1) is 11.3 Å². The van der Waals surface area contributed by atoms with E-state index in [1.165, 1.54) is 11.1 Å².